The van der Waals surface area contributed by atoms with E-state index in [9.17, 15) is 13.2 Å². The first-order valence-electron chi connectivity index (χ1n) is 9.40. The van der Waals surface area contributed by atoms with Gasteiger partial charge in [0, 0.05) is 21.9 Å². The number of hydrogen-bond acceptors (Lipinski definition) is 5. The summed E-state index contributed by atoms with van der Waals surface area (Å²) in [6.07, 6.45) is 3.01. The van der Waals surface area contributed by atoms with Crippen LogP contribution in [-0.4, -0.2) is 28.5 Å². The van der Waals surface area contributed by atoms with Crippen LogP contribution in [0.1, 0.15) is 5.56 Å². The van der Waals surface area contributed by atoms with Crippen molar-refractivity contribution >= 4 is 49.3 Å². The second-order valence-electron chi connectivity index (χ2n) is 6.57. The number of sulfonamides is 1. The van der Waals surface area contributed by atoms with Gasteiger partial charge < -0.3 is 14.8 Å². The number of amides is 1. The van der Waals surface area contributed by atoms with Crippen LogP contribution in [0.2, 0.25) is 0 Å². The van der Waals surface area contributed by atoms with Crippen molar-refractivity contribution in [2.45, 2.75) is 4.90 Å². The predicted octanol–water partition coefficient (Wildman–Crippen LogP) is 4.92. The topological polar surface area (TPSA) is 93.7 Å². The number of halogens is 1. The number of ether oxygens (including phenoxy) is 2. The van der Waals surface area contributed by atoms with Gasteiger partial charge in [0.1, 0.15) is 0 Å². The zero-order valence-electron chi connectivity index (χ0n) is 17.3. The highest BCUT2D eigenvalue weighted by Gasteiger charge is 2.14. The van der Waals surface area contributed by atoms with Crippen molar-refractivity contribution in [3.8, 4) is 11.5 Å². The van der Waals surface area contributed by atoms with Gasteiger partial charge in [0.05, 0.1) is 19.1 Å². The summed E-state index contributed by atoms with van der Waals surface area (Å²) < 4.78 is 38.9. The molecule has 0 spiro atoms. The lowest BCUT2D eigenvalue weighted by Crippen LogP contribution is -2.13. The van der Waals surface area contributed by atoms with Crippen LogP contribution in [0, 0.1) is 0 Å². The van der Waals surface area contributed by atoms with E-state index in [1.807, 2.05) is 0 Å². The number of carbonyl (C=O) groups is 1. The molecule has 0 unspecified atom stereocenters. The minimum Gasteiger partial charge on any atom is -0.493 e. The third-order valence-electron chi connectivity index (χ3n) is 4.36. The van der Waals surface area contributed by atoms with Gasteiger partial charge >= 0.3 is 0 Å². The van der Waals surface area contributed by atoms with Gasteiger partial charge in [-0.05, 0) is 72.3 Å². The molecular formula is C23H21BrN2O5S. The molecule has 0 fully saturated rings. The van der Waals surface area contributed by atoms with Gasteiger partial charge in [-0.25, -0.2) is 8.42 Å². The van der Waals surface area contributed by atoms with Crippen LogP contribution in [0.5, 0.6) is 11.5 Å². The molecule has 3 aromatic rings. The van der Waals surface area contributed by atoms with Crippen LogP contribution in [0.4, 0.5) is 11.4 Å². The molecule has 0 aromatic heterocycles. The van der Waals surface area contributed by atoms with Crippen LogP contribution >= 0.6 is 15.9 Å². The predicted molar refractivity (Wildman–Crippen MR) is 129 cm³/mol. The first-order chi connectivity index (χ1) is 15.3. The molecule has 0 heterocycles. The Labute approximate surface area is 195 Å². The van der Waals surface area contributed by atoms with Crippen molar-refractivity contribution in [2.75, 3.05) is 24.3 Å². The summed E-state index contributed by atoms with van der Waals surface area (Å²) >= 11 is 3.31. The molecule has 0 radical (unpaired) electrons. The molecular weight excluding hydrogens is 496 g/mol. The minimum atomic E-state index is -3.74. The van der Waals surface area contributed by atoms with Crippen molar-refractivity contribution in [3.63, 3.8) is 0 Å². The highest BCUT2D eigenvalue weighted by atomic mass is 79.9. The molecule has 0 aliphatic carbocycles. The molecule has 3 aromatic carbocycles. The molecule has 0 aliphatic rings. The van der Waals surface area contributed by atoms with Gasteiger partial charge in [-0.15, -0.1) is 0 Å². The summed E-state index contributed by atoms with van der Waals surface area (Å²) in [5, 5.41) is 2.70. The number of benzene rings is 3. The second kappa shape index (κ2) is 10.3. The Bertz CT molecular complexity index is 1220. The third-order valence-corrected chi connectivity index (χ3v) is 6.29. The molecule has 1 amide bonds. The Morgan fingerprint density at radius 3 is 2.12 bits per heavy atom. The number of nitrogens with one attached hydrogen (secondary N) is 2. The zero-order chi connectivity index (χ0) is 23.1. The van der Waals surface area contributed by atoms with E-state index in [0.717, 1.165) is 10.0 Å². The fraction of sp³-hybridized carbons (Fsp3) is 0.0870. The van der Waals surface area contributed by atoms with E-state index in [-0.39, 0.29) is 10.8 Å². The average Bonchev–Trinajstić information content (AvgIpc) is 2.79. The molecule has 166 valence electrons. The largest absolute Gasteiger partial charge is 0.493 e. The van der Waals surface area contributed by atoms with Crippen molar-refractivity contribution in [1.29, 1.82) is 0 Å². The summed E-state index contributed by atoms with van der Waals surface area (Å²) in [5.41, 5.74) is 1.68. The Morgan fingerprint density at radius 1 is 0.875 bits per heavy atom. The normalized spacial score (nSPS) is 11.2. The van der Waals surface area contributed by atoms with E-state index in [1.165, 1.54) is 37.5 Å². The Balaban J connectivity index is 1.64. The van der Waals surface area contributed by atoms with Crippen LogP contribution < -0.4 is 19.5 Å². The number of carbonyl (C=O) groups excluding carboxylic acids is 1. The summed E-state index contributed by atoms with van der Waals surface area (Å²) in [6, 6.07) is 18.0. The van der Waals surface area contributed by atoms with E-state index in [0.29, 0.717) is 22.9 Å². The molecule has 32 heavy (non-hydrogen) atoms. The summed E-state index contributed by atoms with van der Waals surface area (Å²) in [7, 11) is -0.656. The molecule has 0 atom stereocenters. The standard InChI is InChI=1S/C23H21BrN2O5S/c1-30-21-13-3-16(15-22(21)31-2)4-14-23(27)25-18-9-11-20(12-10-18)32(28,29)26-19-7-5-17(24)6-8-19/h3-15,26H,1-2H3,(H,25,27)/b14-4+. The van der Waals surface area contributed by atoms with Gasteiger partial charge in [0.2, 0.25) is 5.91 Å². The maximum absolute atomic E-state index is 12.5. The second-order valence-corrected chi connectivity index (χ2v) is 9.17. The lowest BCUT2D eigenvalue weighted by atomic mass is 10.2. The lowest BCUT2D eigenvalue weighted by molar-refractivity contribution is -0.111. The van der Waals surface area contributed by atoms with Crippen molar-refractivity contribution in [1.82, 2.24) is 0 Å². The van der Waals surface area contributed by atoms with Crippen LogP contribution in [0.3, 0.4) is 0 Å². The Hall–Kier alpha value is -3.30. The smallest absolute Gasteiger partial charge is 0.261 e. The lowest BCUT2D eigenvalue weighted by Gasteiger charge is -2.09. The summed E-state index contributed by atoms with van der Waals surface area (Å²) in [4.78, 5) is 12.3. The quantitative estimate of drug-likeness (QED) is 0.414. The molecule has 0 aliphatic heterocycles. The van der Waals surface area contributed by atoms with Crippen molar-refractivity contribution in [2.24, 2.45) is 0 Å². The molecule has 0 saturated carbocycles. The monoisotopic (exact) mass is 516 g/mol. The van der Waals surface area contributed by atoms with E-state index in [1.54, 1.807) is 55.7 Å². The van der Waals surface area contributed by atoms with Gasteiger partial charge in [-0.3, -0.25) is 9.52 Å². The molecule has 7 nitrogen and oxygen atoms in total. The minimum absolute atomic E-state index is 0.0827. The zero-order valence-corrected chi connectivity index (χ0v) is 19.7. The average molecular weight is 517 g/mol. The van der Waals surface area contributed by atoms with Crippen molar-refractivity contribution in [3.05, 3.63) is 82.8 Å². The maximum Gasteiger partial charge on any atom is 0.261 e. The van der Waals surface area contributed by atoms with Gasteiger partial charge in [-0.1, -0.05) is 22.0 Å². The fourth-order valence-electron chi connectivity index (χ4n) is 2.76. The summed E-state index contributed by atoms with van der Waals surface area (Å²) in [6.45, 7) is 0. The first kappa shape index (κ1) is 23.4. The molecule has 3 rings (SSSR count). The van der Waals surface area contributed by atoms with Crippen LogP contribution in [0.15, 0.2) is 82.2 Å². The van der Waals surface area contributed by atoms with E-state index >= 15 is 0 Å². The van der Waals surface area contributed by atoms with Crippen LogP contribution in [0.25, 0.3) is 6.08 Å². The summed E-state index contributed by atoms with van der Waals surface area (Å²) in [5.74, 6) is 0.797. The number of methoxy groups -OCH3 is 2. The van der Waals surface area contributed by atoms with Crippen molar-refractivity contribution < 1.29 is 22.7 Å². The number of hydrogen-bond donors (Lipinski definition) is 2. The van der Waals surface area contributed by atoms with Gasteiger partial charge in [-0.2, -0.15) is 0 Å². The highest BCUT2D eigenvalue weighted by molar-refractivity contribution is 9.10. The number of anilines is 2. The van der Waals surface area contributed by atoms with E-state index in [4.69, 9.17) is 9.47 Å². The van der Waals surface area contributed by atoms with E-state index in [2.05, 4.69) is 26.0 Å². The number of rotatable bonds is 8. The molecule has 0 bridgehead atoms. The molecule has 0 saturated heterocycles. The Kier molecular flexibility index (Phi) is 7.55. The van der Waals surface area contributed by atoms with Gasteiger partial charge in [0.25, 0.3) is 10.0 Å². The fourth-order valence-corrected chi connectivity index (χ4v) is 4.08. The highest BCUT2D eigenvalue weighted by Crippen LogP contribution is 2.28. The SMILES string of the molecule is COc1ccc(/C=C/C(=O)Nc2ccc(S(=O)(=O)Nc3ccc(Br)cc3)cc2)cc1OC. The maximum atomic E-state index is 12.5. The van der Waals surface area contributed by atoms with Gasteiger partial charge in [0.15, 0.2) is 11.5 Å². The third kappa shape index (κ3) is 6.12. The molecule has 2 N–H and O–H groups in total. The van der Waals surface area contributed by atoms with Crippen LogP contribution in [-0.2, 0) is 14.8 Å². The first-order valence-corrected chi connectivity index (χ1v) is 11.7. The Morgan fingerprint density at radius 2 is 1.50 bits per heavy atom. The van der Waals surface area contributed by atoms with E-state index < -0.39 is 10.0 Å². The molecule has 9 heteroatoms.